The highest BCUT2D eigenvalue weighted by molar-refractivity contribution is 7.98. The summed E-state index contributed by atoms with van der Waals surface area (Å²) in [5.41, 5.74) is 7.34. The van der Waals surface area contributed by atoms with E-state index in [0.717, 1.165) is 73.1 Å². The molecule has 4 heterocycles. The van der Waals surface area contributed by atoms with Gasteiger partial charge in [0.2, 0.25) is 0 Å². The van der Waals surface area contributed by atoms with Crippen LogP contribution in [0.5, 0.6) is 17.2 Å². The molecule has 0 amide bonds. The first-order valence-corrected chi connectivity index (χ1v) is 22.6. The summed E-state index contributed by atoms with van der Waals surface area (Å²) in [6.45, 7) is 0.448. The molecule has 65 heavy (non-hydrogen) atoms. The van der Waals surface area contributed by atoms with Gasteiger partial charge >= 0.3 is 0 Å². The second-order valence-corrected chi connectivity index (χ2v) is 16.6. The minimum absolute atomic E-state index is 0.448. The Morgan fingerprint density at radius 2 is 1.06 bits per heavy atom. The molecular weight excluding hydrogens is 849 g/mol. The molecule has 318 valence electrons. The summed E-state index contributed by atoms with van der Waals surface area (Å²) in [5.74, 6) is 5.33. The summed E-state index contributed by atoms with van der Waals surface area (Å²) in [7, 11) is 0. The minimum atomic E-state index is 0.448. The quantitative estimate of drug-likeness (QED) is 0.0942. The maximum absolute atomic E-state index is 6.02. The van der Waals surface area contributed by atoms with Crippen molar-refractivity contribution in [1.29, 1.82) is 0 Å². The van der Waals surface area contributed by atoms with Crippen molar-refractivity contribution in [2.75, 3.05) is 0 Å². The highest BCUT2D eigenvalue weighted by Crippen LogP contribution is 2.29. The van der Waals surface area contributed by atoms with Crippen LogP contribution in [0.25, 0.3) is 46.1 Å². The van der Waals surface area contributed by atoms with Gasteiger partial charge in [-0.3, -0.25) is 4.98 Å². The summed E-state index contributed by atoms with van der Waals surface area (Å²) < 4.78 is 12.0. The number of tetrazole rings is 2. The Morgan fingerprint density at radius 1 is 0.462 bits per heavy atom. The van der Waals surface area contributed by atoms with Gasteiger partial charge in [0, 0.05) is 32.1 Å². The average molecular weight is 889 g/mol. The van der Waals surface area contributed by atoms with E-state index in [0.29, 0.717) is 18.3 Å². The van der Waals surface area contributed by atoms with Gasteiger partial charge < -0.3 is 9.47 Å². The van der Waals surface area contributed by atoms with Crippen LogP contribution in [0.1, 0.15) is 39.7 Å². The largest absolute Gasteiger partial charge is 0.487 e. The number of nitrogens with zero attached hydrogens (tertiary/aromatic N) is 8. The molecule has 10 rings (SSSR count). The first-order valence-electron chi connectivity index (χ1n) is 20.6. The average Bonchev–Trinajstić information content (AvgIpc) is 4.10. The summed E-state index contributed by atoms with van der Waals surface area (Å²) in [4.78, 5) is 11.8. The van der Waals surface area contributed by atoms with Gasteiger partial charge in [-0.05, 0) is 135 Å². The van der Waals surface area contributed by atoms with E-state index >= 15 is 0 Å². The zero-order valence-corrected chi connectivity index (χ0v) is 36.4. The van der Waals surface area contributed by atoms with Crippen LogP contribution in [-0.4, -0.2) is 51.2 Å². The molecule has 12 nitrogen and oxygen atoms in total. The van der Waals surface area contributed by atoms with E-state index < -0.39 is 0 Å². The Labute approximate surface area is 383 Å². The fourth-order valence-corrected chi connectivity index (χ4v) is 8.22. The van der Waals surface area contributed by atoms with Crippen molar-refractivity contribution in [1.82, 2.24) is 51.2 Å². The SMILES string of the molecule is C(=Cc1nnn[nH]1)c1cccc(Oc2ccc(SCc3ccc4ccccc4n3)cc2)c1.C(=Cc1nnn[nH]1)c1cccc(SCc2ccc(OCc3ccc4ccccc4n3)cc2)c1. The molecule has 6 aromatic carbocycles. The lowest BCUT2D eigenvalue weighted by molar-refractivity contribution is 0.302. The summed E-state index contributed by atoms with van der Waals surface area (Å²) in [6, 6.07) is 57.2. The first kappa shape index (κ1) is 42.4. The molecule has 0 bridgehead atoms. The standard InChI is InChI=1S/C26H21N5OS.C25H19N5OS/c1-2-7-25-21(5-1)11-12-22(27-25)17-32-23-13-8-20(9-14-23)18-33-24-6-3-4-19(16-24)10-15-26-28-30-31-29-26;1-2-7-24-19(5-1)9-10-20(26-24)17-32-23-13-11-21(12-14-23)31-22-6-3-4-18(16-22)8-15-25-27-29-30-28-25/h1-16H,17-18H2,(H,28,29,30,31);1-16H,17H2,(H,27,28,29,30). The second kappa shape index (κ2) is 21.4. The molecule has 4 aromatic heterocycles. The van der Waals surface area contributed by atoms with E-state index in [2.05, 4.69) is 125 Å². The summed E-state index contributed by atoms with van der Waals surface area (Å²) in [5, 5.41) is 29.7. The molecule has 0 unspecified atom stereocenters. The second-order valence-electron chi connectivity index (χ2n) is 14.5. The predicted molar refractivity (Wildman–Crippen MR) is 259 cm³/mol. The maximum Gasteiger partial charge on any atom is 0.172 e. The van der Waals surface area contributed by atoms with Gasteiger partial charge in [0.15, 0.2) is 11.6 Å². The lowest BCUT2D eigenvalue weighted by atomic mass is 10.2. The number of benzene rings is 6. The molecule has 0 atom stereocenters. The van der Waals surface area contributed by atoms with Crippen LogP contribution in [0, 0.1) is 0 Å². The van der Waals surface area contributed by atoms with Crippen molar-refractivity contribution in [3.8, 4) is 17.2 Å². The van der Waals surface area contributed by atoms with Crippen LogP contribution in [0.3, 0.4) is 0 Å². The fraction of sp³-hybridized carbons (Fsp3) is 0.0588. The van der Waals surface area contributed by atoms with E-state index in [4.69, 9.17) is 14.5 Å². The smallest absolute Gasteiger partial charge is 0.172 e. The number of pyridine rings is 2. The van der Waals surface area contributed by atoms with Gasteiger partial charge in [-0.15, -0.1) is 33.7 Å². The van der Waals surface area contributed by atoms with Crippen LogP contribution in [-0.2, 0) is 18.1 Å². The van der Waals surface area contributed by atoms with Crippen LogP contribution < -0.4 is 9.47 Å². The van der Waals surface area contributed by atoms with Gasteiger partial charge in [-0.1, -0.05) is 97.1 Å². The van der Waals surface area contributed by atoms with E-state index in [1.165, 1.54) is 15.4 Å². The number of aromatic nitrogens is 10. The monoisotopic (exact) mass is 888 g/mol. The van der Waals surface area contributed by atoms with Crippen molar-refractivity contribution in [3.63, 3.8) is 0 Å². The minimum Gasteiger partial charge on any atom is -0.487 e. The Kier molecular flexibility index (Phi) is 14.0. The van der Waals surface area contributed by atoms with Crippen molar-refractivity contribution < 1.29 is 9.47 Å². The molecule has 0 fully saturated rings. The molecule has 0 radical (unpaired) electrons. The van der Waals surface area contributed by atoms with Crippen LogP contribution in [0.4, 0.5) is 0 Å². The van der Waals surface area contributed by atoms with Gasteiger partial charge in [0.25, 0.3) is 0 Å². The number of para-hydroxylation sites is 2. The summed E-state index contributed by atoms with van der Waals surface area (Å²) in [6.07, 6.45) is 7.59. The lowest BCUT2D eigenvalue weighted by Crippen LogP contribution is -1.98. The zero-order valence-electron chi connectivity index (χ0n) is 34.8. The van der Waals surface area contributed by atoms with Crippen molar-refractivity contribution in [2.45, 2.75) is 27.9 Å². The van der Waals surface area contributed by atoms with Gasteiger partial charge in [0.05, 0.1) is 22.4 Å². The number of hydrogen-bond acceptors (Lipinski definition) is 12. The highest BCUT2D eigenvalue weighted by atomic mass is 32.2. The number of ether oxygens (including phenoxy) is 2. The van der Waals surface area contributed by atoms with Crippen LogP contribution in [0.2, 0.25) is 0 Å². The van der Waals surface area contributed by atoms with Gasteiger partial charge in [-0.25, -0.2) is 15.2 Å². The number of thioether (sulfide) groups is 2. The third-order valence-corrected chi connectivity index (χ3v) is 11.9. The Balaban J connectivity index is 0.000000164. The number of nitrogens with one attached hydrogen (secondary N) is 2. The third-order valence-electron chi connectivity index (χ3n) is 9.78. The molecule has 14 heteroatoms. The number of hydrogen-bond donors (Lipinski definition) is 2. The first-order chi connectivity index (χ1) is 32.1. The van der Waals surface area contributed by atoms with E-state index in [-0.39, 0.29) is 0 Å². The van der Waals surface area contributed by atoms with E-state index in [1.807, 2.05) is 115 Å². The topological polar surface area (TPSA) is 153 Å². The molecular formula is C51H40N10O2S2. The maximum atomic E-state index is 6.02. The van der Waals surface area contributed by atoms with E-state index in [1.54, 1.807) is 23.5 Å². The highest BCUT2D eigenvalue weighted by Gasteiger charge is 2.05. The Hall–Kier alpha value is -7.94. The number of fused-ring (bicyclic) bond motifs is 2. The normalized spacial score (nSPS) is 11.3. The Bertz CT molecular complexity index is 3150. The molecule has 0 aliphatic heterocycles. The van der Waals surface area contributed by atoms with Crippen LogP contribution in [0.15, 0.2) is 180 Å². The molecule has 0 spiro atoms. The van der Waals surface area contributed by atoms with Crippen molar-refractivity contribution in [3.05, 3.63) is 210 Å². The molecule has 2 N–H and O–H groups in total. The molecule has 0 aliphatic carbocycles. The third kappa shape index (κ3) is 12.4. The van der Waals surface area contributed by atoms with Crippen molar-refractivity contribution in [2.24, 2.45) is 0 Å². The van der Waals surface area contributed by atoms with Crippen LogP contribution >= 0.6 is 23.5 Å². The predicted octanol–water partition coefficient (Wildman–Crippen LogP) is 11.8. The van der Waals surface area contributed by atoms with Gasteiger partial charge in [-0.2, -0.15) is 0 Å². The summed E-state index contributed by atoms with van der Waals surface area (Å²) >= 11 is 3.55. The number of H-pyrrole nitrogens is 2. The fourth-order valence-electron chi connectivity index (χ4n) is 6.49. The van der Waals surface area contributed by atoms with Gasteiger partial charge in [0.1, 0.15) is 23.9 Å². The molecule has 0 saturated heterocycles. The van der Waals surface area contributed by atoms with E-state index in [9.17, 15) is 0 Å². The molecule has 0 aliphatic rings. The van der Waals surface area contributed by atoms with Crippen molar-refractivity contribution >= 4 is 69.6 Å². The zero-order chi connectivity index (χ0) is 43.9. The lowest BCUT2D eigenvalue weighted by Gasteiger charge is -2.08. The number of rotatable bonds is 15. The number of aromatic amines is 2. The molecule has 0 saturated carbocycles. The Morgan fingerprint density at radius 3 is 1.74 bits per heavy atom. The molecule has 10 aromatic rings.